The van der Waals surface area contributed by atoms with Gasteiger partial charge in [0.2, 0.25) is 0 Å². The molecule has 252 valence electrons. The van der Waals surface area contributed by atoms with E-state index in [2.05, 4.69) is 195 Å². The second-order valence-electron chi connectivity index (χ2n) is 14.4. The fourth-order valence-corrected chi connectivity index (χ4v) is 10.2. The van der Waals surface area contributed by atoms with Gasteiger partial charge in [0.1, 0.15) is 0 Å². The maximum atomic E-state index is 2.45. The van der Waals surface area contributed by atoms with Crippen LogP contribution in [0.15, 0.2) is 188 Å². The summed E-state index contributed by atoms with van der Waals surface area (Å²) in [4.78, 5) is 0. The van der Waals surface area contributed by atoms with Crippen LogP contribution in [0.2, 0.25) is 0 Å². The van der Waals surface area contributed by atoms with Gasteiger partial charge < -0.3 is 0 Å². The SMILES string of the molecule is Cc1cc(-c2c3ccccc3c(-c3ccc4ccccc4c3)c3ccccc23)c2ccccc2c1-c1cccc(-c2cccc3c2sc2ccccc23)c1. The van der Waals surface area contributed by atoms with E-state index in [0.29, 0.717) is 0 Å². The van der Waals surface area contributed by atoms with Crippen molar-refractivity contribution in [1.29, 1.82) is 0 Å². The Hall–Kier alpha value is -6.54. The first-order valence-corrected chi connectivity index (χ1v) is 19.5. The van der Waals surface area contributed by atoms with Crippen LogP contribution in [-0.2, 0) is 0 Å². The van der Waals surface area contributed by atoms with Gasteiger partial charge in [-0.05, 0) is 118 Å². The van der Waals surface area contributed by atoms with E-state index in [-0.39, 0.29) is 0 Å². The van der Waals surface area contributed by atoms with Crippen LogP contribution in [0.1, 0.15) is 5.56 Å². The third-order valence-electron chi connectivity index (χ3n) is 11.3. The van der Waals surface area contributed by atoms with E-state index in [1.807, 2.05) is 11.3 Å². The second-order valence-corrected chi connectivity index (χ2v) is 15.5. The van der Waals surface area contributed by atoms with Crippen LogP contribution in [0.3, 0.4) is 0 Å². The first-order chi connectivity index (χ1) is 26.7. The molecule has 0 aliphatic carbocycles. The Labute approximate surface area is 318 Å². The molecule has 1 aromatic heterocycles. The molecule has 10 aromatic carbocycles. The van der Waals surface area contributed by atoms with E-state index in [4.69, 9.17) is 0 Å². The molecule has 0 saturated carbocycles. The van der Waals surface area contributed by atoms with Crippen LogP contribution in [-0.4, -0.2) is 0 Å². The van der Waals surface area contributed by atoms with E-state index in [0.717, 1.165) is 0 Å². The minimum absolute atomic E-state index is 1.24. The van der Waals surface area contributed by atoms with Crippen LogP contribution in [0.5, 0.6) is 0 Å². The Kier molecular flexibility index (Phi) is 7.05. The van der Waals surface area contributed by atoms with Crippen molar-refractivity contribution in [3.63, 3.8) is 0 Å². The zero-order valence-electron chi connectivity index (χ0n) is 29.8. The maximum absolute atomic E-state index is 2.45. The van der Waals surface area contributed by atoms with Crippen molar-refractivity contribution < 1.29 is 0 Å². The molecular weight excluding hydrogens is 669 g/mol. The molecule has 11 rings (SSSR count). The molecule has 0 aliphatic heterocycles. The van der Waals surface area contributed by atoms with E-state index >= 15 is 0 Å². The van der Waals surface area contributed by atoms with E-state index in [9.17, 15) is 0 Å². The van der Waals surface area contributed by atoms with Gasteiger partial charge in [0.25, 0.3) is 0 Å². The Morgan fingerprint density at radius 2 is 0.852 bits per heavy atom. The molecule has 0 unspecified atom stereocenters. The molecule has 0 amide bonds. The summed E-state index contributed by atoms with van der Waals surface area (Å²) >= 11 is 1.89. The number of aryl methyl sites for hydroxylation is 1. The summed E-state index contributed by atoms with van der Waals surface area (Å²) in [6.45, 7) is 2.29. The average molecular weight is 703 g/mol. The standard InChI is InChI=1S/C53H34S/c1-33-30-48(52-45-23-8-6-21-43(45)51(44-22-7-9-24-46(44)52)38-29-28-34-14-2-3-15-35(34)31-38)40-18-4-5-20-42(40)50(33)37-17-12-16-36(32-37)39-25-13-26-47-41-19-10-11-27-49(41)54-53(39)47/h2-32H,1H3. The Morgan fingerprint density at radius 3 is 1.59 bits per heavy atom. The van der Waals surface area contributed by atoms with Gasteiger partial charge in [0, 0.05) is 20.2 Å². The molecule has 0 nitrogen and oxygen atoms in total. The van der Waals surface area contributed by atoms with E-state index < -0.39 is 0 Å². The first-order valence-electron chi connectivity index (χ1n) is 18.7. The van der Waals surface area contributed by atoms with Crippen LogP contribution in [0, 0.1) is 6.92 Å². The lowest BCUT2D eigenvalue weighted by atomic mass is 9.82. The average Bonchev–Trinajstić information content (AvgIpc) is 3.61. The van der Waals surface area contributed by atoms with E-state index in [1.165, 1.54) is 113 Å². The lowest BCUT2D eigenvalue weighted by molar-refractivity contribution is 1.49. The van der Waals surface area contributed by atoms with Gasteiger partial charge in [-0.2, -0.15) is 0 Å². The summed E-state index contributed by atoms with van der Waals surface area (Å²) < 4.78 is 2.68. The van der Waals surface area contributed by atoms with Gasteiger partial charge >= 0.3 is 0 Å². The van der Waals surface area contributed by atoms with Crippen LogP contribution < -0.4 is 0 Å². The summed E-state index contributed by atoms with van der Waals surface area (Å²) in [5.41, 5.74) is 11.4. The third kappa shape index (κ3) is 4.76. The molecule has 0 bridgehead atoms. The molecule has 1 heterocycles. The highest BCUT2D eigenvalue weighted by Crippen LogP contribution is 2.48. The largest absolute Gasteiger partial charge is 0.135 e. The summed E-state index contributed by atoms with van der Waals surface area (Å²) in [5.74, 6) is 0. The molecule has 0 aliphatic rings. The van der Waals surface area contributed by atoms with Crippen LogP contribution in [0.4, 0.5) is 0 Å². The third-order valence-corrected chi connectivity index (χ3v) is 12.6. The van der Waals surface area contributed by atoms with Crippen LogP contribution in [0.25, 0.3) is 108 Å². The van der Waals surface area contributed by atoms with Gasteiger partial charge in [0.05, 0.1) is 0 Å². The maximum Gasteiger partial charge on any atom is 0.0433 e. The number of fused-ring (bicyclic) bond motifs is 7. The normalized spacial score (nSPS) is 11.8. The second kappa shape index (κ2) is 12.3. The Bertz CT molecular complexity index is 3230. The van der Waals surface area contributed by atoms with Crippen molar-refractivity contribution >= 4 is 74.6 Å². The zero-order valence-corrected chi connectivity index (χ0v) is 30.6. The minimum atomic E-state index is 1.24. The highest BCUT2D eigenvalue weighted by molar-refractivity contribution is 7.26. The predicted octanol–water partition coefficient (Wildman–Crippen LogP) is 15.6. The topological polar surface area (TPSA) is 0 Å². The van der Waals surface area contributed by atoms with Crippen molar-refractivity contribution in [3.05, 3.63) is 194 Å². The Morgan fingerprint density at radius 1 is 0.315 bits per heavy atom. The zero-order chi connectivity index (χ0) is 35.8. The highest BCUT2D eigenvalue weighted by atomic mass is 32.1. The lowest BCUT2D eigenvalue weighted by Crippen LogP contribution is -1.94. The van der Waals surface area contributed by atoms with Crippen molar-refractivity contribution in [2.24, 2.45) is 0 Å². The molecule has 0 spiro atoms. The minimum Gasteiger partial charge on any atom is -0.135 e. The summed E-state index contributed by atoms with van der Waals surface area (Å²) in [6, 6.07) is 69.7. The molecule has 0 N–H and O–H groups in total. The van der Waals surface area contributed by atoms with Crippen molar-refractivity contribution in [1.82, 2.24) is 0 Å². The van der Waals surface area contributed by atoms with Crippen molar-refractivity contribution in [3.8, 4) is 44.5 Å². The summed E-state index contributed by atoms with van der Waals surface area (Å²) in [7, 11) is 0. The molecule has 54 heavy (non-hydrogen) atoms. The van der Waals surface area contributed by atoms with Crippen LogP contribution >= 0.6 is 11.3 Å². The van der Waals surface area contributed by atoms with Crippen molar-refractivity contribution in [2.45, 2.75) is 6.92 Å². The lowest BCUT2D eigenvalue weighted by Gasteiger charge is -2.21. The first kappa shape index (κ1) is 31.0. The molecule has 0 saturated heterocycles. The number of hydrogen-bond acceptors (Lipinski definition) is 1. The predicted molar refractivity (Wildman–Crippen MR) is 236 cm³/mol. The highest BCUT2D eigenvalue weighted by Gasteiger charge is 2.21. The van der Waals surface area contributed by atoms with Crippen molar-refractivity contribution in [2.75, 3.05) is 0 Å². The van der Waals surface area contributed by atoms with Gasteiger partial charge in [-0.1, -0.05) is 170 Å². The quantitative estimate of drug-likeness (QED) is 0.160. The fraction of sp³-hybridized carbons (Fsp3) is 0.0189. The number of thiophene rings is 1. The number of benzene rings is 10. The van der Waals surface area contributed by atoms with Gasteiger partial charge in [-0.3, -0.25) is 0 Å². The monoisotopic (exact) mass is 702 g/mol. The molecule has 0 fully saturated rings. The van der Waals surface area contributed by atoms with Gasteiger partial charge in [-0.15, -0.1) is 11.3 Å². The smallest absolute Gasteiger partial charge is 0.0433 e. The van der Waals surface area contributed by atoms with Gasteiger partial charge in [0.15, 0.2) is 0 Å². The summed E-state index contributed by atoms with van der Waals surface area (Å²) in [5, 5.41) is 12.8. The molecule has 1 heteroatoms. The molecule has 0 atom stereocenters. The van der Waals surface area contributed by atoms with Gasteiger partial charge in [-0.25, -0.2) is 0 Å². The van der Waals surface area contributed by atoms with E-state index in [1.54, 1.807) is 0 Å². The molecule has 11 aromatic rings. The fourth-order valence-electron chi connectivity index (χ4n) is 9.00. The number of rotatable bonds is 4. The number of hydrogen-bond donors (Lipinski definition) is 0. The molecular formula is C53H34S. The molecule has 0 radical (unpaired) electrons. The summed E-state index contributed by atoms with van der Waals surface area (Å²) in [6.07, 6.45) is 0. The Balaban J connectivity index is 1.14.